The molecule has 2 nitrogen and oxygen atoms in total. The average Bonchev–Trinajstić information content (AvgIpc) is 2.35. The van der Waals surface area contributed by atoms with Gasteiger partial charge in [-0.1, -0.05) is 33.8 Å². The highest BCUT2D eigenvalue weighted by Crippen LogP contribution is 2.35. The highest BCUT2D eigenvalue weighted by Gasteiger charge is 2.23. The highest BCUT2D eigenvalue weighted by molar-refractivity contribution is 5.46. The fourth-order valence-corrected chi connectivity index (χ4v) is 2.67. The molecule has 0 aromatic heterocycles. The molecule has 2 rings (SSSR count). The van der Waals surface area contributed by atoms with Gasteiger partial charge in [-0.3, -0.25) is 4.90 Å². The maximum atomic E-state index is 5.58. The lowest BCUT2D eigenvalue weighted by molar-refractivity contribution is 0.267. The molecule has 0 bridgehead atoms. The summed E-state index contributed by atoms with van der Waals surface area (Å²) in [5.74, 6) is 1.05. The molecule has 100 valence electrons. The van der Waals surface area contributed by atoms with Gasteiger partial charge in [0.25, 0.3) is 0 Å². The highest BCUT2D eigenvalue weighted by atomic mass is 16.5. The van der Waals surface area contributed by atoms with Gasteiger partial charge in [0, 0.05) is 13.1 Å². The zero-order valence-electron chi connectivity index (χ0n) is 12.3. The first-order valence-electron chi connectivity index (χ1n) is 6.88. The van der Waals surface area contributed by atoms with Crippen molar-refractivity contribution in [3.05, 3.63) is 28.8 Å². The fourth-order valence-electron chi connectivity index (χ4n) is 2.67. The molecule has 0 saturated carbocycles. The molecule has 0 aliphatic carbocycles. The van der Waals surface area contributed by atoms with Crippen molar-refractivity contribution in [2.24, 2.45) is 0 Å². The largest absolute Gasteiger partial charge is 0.496 e. The van der Waals surface area contributed by atoms with Crippen molar-refractivity contribution in [3.63, 3.8) is 0 Å². The van der Waals surface area contributed by atoms with Crippen LogP contribution in [0, 0.1) is 0 Å². The summed E-state index contributed by atoms with van der Waals surface area (Å²) < 4.78 is 5.58. The Bertz CT molecular complexity index is 431. The summed E-state index contributed by atoms with van der Waals surface area (Å²) in [4.78, 5) is 2.50. The second kappa shape index (κ2) is 4.93. The van der Waals surface area contributed by atoms with Gasteiger partial charge in [-0.15, -0.1) is 0 Å². The van der Waals surface area contributed by atoms with Crippen LogP contribution in [0.15, 0.2) is 12.1 Å². The van der Waals surface area contributed by atoms with Gasteiger partial charge >= 0.3 is 0 Å². The van der Waals surface area contributed by atoms with E-state index in [9.17, 15) is 0 Å². The summed E-state index contributed by atoms with van der Waals surface area (Å²) in [6.07, 6.45) is 1.14. The van der Waals surface area contributed by atoms with Gasteiger partial charge in [-0.25, -0.2) is 0 Å². The molecule has 2 heteroatoms. The smallest absolute Gasteiger partial charge is 0.122 e. The number of hydrogen-bond acceptors (Lipinski definition) is 2. The van der Waals surface area contributed by atoms with E-state index in [0.29, 0.717) is 0 Å². The van der Waals surface area contributed by atoms with E-state index in [0.717, 1.165) is 25.3 Å². The molecular formula is C16H25NO. The topological polar surface area (TPSA) is 12.5 Å². The number of methoxy groups -OCH3 is 1. The normalized spacial score (nSPS) is 16.5. The van der Waals surface area contributed by atoms with E-state index < -0.39 is 0 Å². The summed E-state index contributed by atoms with van der Waals surface area (Å²) in [7, 11) is 1.78. The van der Waals surface area contributed by atoms with E-state index in [1.807, 2.05) is 0 Å². The van der Waals surface area contributed by atoms with E-state index in [4.69, 9.17) is 4.74 Å². The van der Waals surface area contributed by atoms with E-state index in [1.54, 1.807) is 7.11 Å². The first kappa shape index (κ1) is 13.4. The van der Waals surface area contributed by atoms with E-state index >= 15 is 0 Å². The minimum atomic E-state index is 0.134. The predicted molar refractivity (Wildman–Crippen MR) is 76.3 cm³/mol. The van der Waals surface area contributed by atoms with Crippen LogP contribution in [0.25, 0.3) is 0 Å². The van der Waals surface area contributed by atoms with Crippen LogP contribution in [0.3, 0.4) is 0 Å². The van der Waals surface area contributed by atoms with Gasteiger partial charge in [0.05, 0.1) is 7.11 Å². The van der Waals surface area contributed by atoms with Gasteiger partial charge < -0.3 is 4.74 Å². The Morgan fingerprint density at radius 1 is 1.22 bits per heavy atom. The molecule has 1 aliphatic heterocycles. The number of benzene rings is 1. The van der Waals surface area contributed by atoms with Gasteiger partial charge in [0.15, 0.2) is 0 Å². The summed E-state index contributed by atoms with van der Waals surface area (Å²) in [5.41, 5.74) is 4.40. The third-order valence-corrected chi connectivity index (χ3v) is 3.87. The first-order valence-corrected chi connectivity index (χ1v) is 6.88. The average molecular weight is 247 g/mol. The molecule has 1 heterocycles. The minimum absolute atomic E-state index is 0.134. The summed E-state index contributed by atoms with van der Waals surface area (Å²) in [6, 6.07) is 4.61. The van der Waals surface area contributed by atoms with Crippen LogP contribution in [0.1, 0.15) is 44.4 Å². The molecule has 0 unspecified atom stereocenters. The molecule has 1 aliphatic rings. The van der Waals surface area contributed by atoms with Crippen molar-refractivity contribution in [3.8, 4) is 5.75 Å². The Labute approximate surface area is 111 Å². The van der Waals surface area contributed by atoms with E-state index in [1.165, 1.54) is 23.2 Å². The second-order valence-electron chi connectivity index (χ2n) is 6.19. The van der Waals surface area contributed by atoms with Crippen LogP contribution in [-0.4, -0.2) is 25.1 Å². The molecule has 1 aromatic rings. The van der Waals surface area contributed by atoms with Crippen molar-refractivity contribution < 1.29 is 4.74 Å². The number of ether oxygens (including phenoxy) is 1. The number of nitrogens with zero attached hydrogens (tertiary/aromatic N) is 1. The Balaban J connectivity index is 2.44. The summed E-state index contributed by atoms with van der Waals surface area (Å²) in [6.45, 7) is 12.4. The molecule has 0 fully saturated rings. The number of likely N-dealkylation sites (N-methyl/N-ethyl adjacent to an activating group) is 1. The zero-order chi connectivity index (χ0) is 13.3. The van der Waals surface area contributed by atoms with Crippen molar-refractivity contribution in [2.45, 2.75) is 46.1 Å². The lowest BCUT2D eigenvalue weighted by Crippen LogP contribution is -2.30. The van der Waals surface area contributed by atoms with Crippen LogP contribution in [0.4, 0.5) is 0 Å². The Morgan fingerprint density at radius 2 is 1.94 bits per heavy atom. The van der Waals surface area contributed by atoms with Crippen LogP contribution in [-0.2, 0) is 18.4 Å². The van der Waals surface area contributed by atoms with E-state index in [2.05, 4.69) is 44.7 Å². The van der Waals surface area contributed by atoms with Crippen molar-refractivity contribution in [2.75, 3.05) is 20.2 Å². The molecule has 0 amide bonds. The molecular weight excluding hydrogens is 222 g/mol. The fraction of sp³-hybridized carbons (Fsp3) is 0.625. The van der Waals surface area contributed by atoms with E-state index in [-0.39, 0.29) is 5.41 Å². The summed E-state index contributed by atoms with van der Waals surface area (Å²) >= 11 is 0. The monoisotopic (exact) mass is 247 g/mol. The molecule has 0 N–H and O–H groups in total. The Hall–Kier alpha value is -1.02. The van der Waals surface area contributed by atoms with Gasteiger partial charge in [-0.05, 0) is 41.1 Å². The van der Waals surface area contributed by atoms with Crippen LogP contribution in [0.5, 0.6) is 5.75 Å². The van der Waals surface area contributed by atoms with Crippen molar-refractivity contribution in [1.82, 2.24) is 4.90 Å². The van der Waals surface area contributed by atoms with Crippen molar-refractivity contribution >= 4 is 0 Å². The molecule has 0 atom stereocenters. The molecule has 1 aromatic carbocycles. The van der Waals surface area contributed by atoms with Gasteiger partial charge in [-0.2, -0.15) is 0 Å². The minimum Gasteiger partial charge on any atom is -0.496 e. The summed E-state index contributed by atoms with van der Waals surface area (Å²) in [5, 5.41) is 0. The predicted octanol–water partition coefficient (Wildman–Crippen LogP) is 3.37. The van der Waals surface area contributed by atoms with Crippen LogP contribution in [0.2, 0.25) is 0 Å². The third kappa shape index (κ3) is 2.54. The first-order chi connectivity index (χ1) is 8.45. The van der Waals surface area contributed by atoms with Gasteiger partial charge in [0.2, 0.25) is 0 Å². The maximum Gasteiger partial charge on any atom is 0.122 e. The van der Waals surface area contributed by atoms with Crippen LogP contribution >= 0.6 is 0 Å². The molecule has 0 spiro atoms. The van der Waals surface area contributed by atoms with Crippen LogP contribution < -0.4 is 4.74 Å². The van der Waals surface area contributed by atoms with Gasteiger partial charge in [0.1, 0.15) is 5.75 Å². The molecule has 18 heavy (non-hydrogen) atoms. The third-order valence-electron chi connectivity index (χ3n) is 3.87. The SMILES string of the molecule is CCN1CCc2cc(OC)c(C(C)(C)C)cc2C1. The number of fused-ring (bicyclic) bond motifs is 1. The zero-order valence-corrected chi connectivity index (χ0v) is 12.3. The Morgan fingerprint density at radius 3 is 2.50 bits per heavy atom. The molecule has 0 saturated heterocycles. The lowest BCUT2D eigenvalue weighted by atomic mass is 9.83. The lowest BCUT2D eigenvalue weighted by Gasteiger charge is -2.31. The second-order valence-corrected chi connectivity index (χ2v) is 6.19. The maximum absolute atomic E-state index is 5.58. The molecule has 0 radical (unpaired) electrons. The standard InChI is InChI=1S/C16H25NO/c1-6-17-8-7-12-10-15(18-5)14(16(2,3)4)9-13(12)11-17/h9-10H,6-8,11H2,1-5H3. The number of rotatable bonds is 2. The van der Waals surface area contributed by atoms with Crippen molar-refractivity contribution in [1.29, 1.82) is 0 Å². The Kier molecular flexibility index (Phi) is 3.67. The quantitative estimate of drug-likeness (QED) is 0.794. The number of hydrogen-bond donors (Lipinski definition) is 0.